The first kappa shape index (κ1) is 33.6. The van der Waals surface area contributed by atoms with Crippen molar-refractivity contribution >= 4 is 40.8 Å². The number of anilines is 5. The molecule has 11 nitrogen and oxygen atoms in total. The number of ether oxygens (including phenoxy) is 2. The van der Waals surface area contributed by atoms with E-state index in [4.69, 9.17) is 9.47 Å². The number of amides is 2. The van der Waals surface area contributed by atoms with Crippen molar-refractivity contribution in [3.05, 3.63) is 59.3 Å². The van der Waals surface area contributed by atoms with Gasteiger partial charge in [0.1, 0.15) is 22.7 Å². The van der Waals surface area contributed by atoms with Gasteiger partial charge in [0.25, 0.3) is 0 Å². The Labute approximate surface area is 271 Å². The molecule has 0 atom stereocenters. The van der Waals surface area contributed by atoms with Crippen LogP contribution in [0.3, 0.4) is 0 Å². The van der Waals surface area contributed by atoms with E-state index in [-0.39, 0.29) is 24.5 Å². The Morgan fingerprint density at radius 1 is 1.09 bits per heavy atom. The lowest BCUT2D eigenvalue weighted by atomic mass is 9.83. The Balaban J connectivity index is 1.34. The van der Waals surface area contributed by atoms with Gasteiger partial charge in [-0.05, 0) is 70.9 Å². The van der Waals surface area contributed by atoms with Crippen LogP contribution >= 0.6 is 0 Å². The Hall–Kier alpha value is -4.75. The summed E-state index contributed by atoms with van der Waals surface area (Å²) < 4.78 is 53.4. The second-order valence-electron chi connectivity index (χ2n) is 12.9. The molecule has 2 amide bonds. The lowest BCUT2D eigenvalue weighted by molar-refractivity contribution is -0.137. The van der Waals surface area contributed by atoms with Gasteiger partial charge >= 0.3 is 12.3 Å². The van der Waals surface area contributed by atoms with Gasteiger partial charge < -0.3 is 35.2 Å². The number of hydrogen-bond acceptors (Lipinski definition) is 9. The van der Waals surface area contributed by atoms with Crippen molar-refractivity contribution in [3.8, 4) is 5.75 Å². The van der Waals surface area contributed by atoms with Crippen LogP contribution in [0.15, 0.2) is 42.6 Å². The number of alkyl halides is 3. The number of hydrogen-bond donors (Lipinski definition) is 3. The van der Waals surface area contributed by atoms with Crippen LogP contribution in [-0.4, -0.2) is 65.3 Å². The standard InChI is InChI=1S/C33H40F3N7O4/c1-7-46-25-17-21(42-13-15-43(16-14-42)30(45)47-31(2,3)4)11-12-23(25)40-29-38-19-22(33(34,35)36)27(41-29)37-18-20-9-8-10-24-26(20)32(5,6)28(44)39-24/h8-12,17,19H,7,13-16,18H2,1-6H3,(H,39,44)(H2,37,38,40,41). The minimum atomic E-state index is -4.71. The fourth-order valence-electron chi connectivity index (χ4n) is 5.63. The van der Waals surface area contributed by atoms with Crippen molar-refractivity contribution in [1.82, 2.24) is 14.9 Å². The number of fused-ring (bicyclic) bond motifs is 1. The molecule has 5 rings (SSSR count). The second-order valence-corrected chi connectivity index (χ2v) is 12.9. The number of benzene rings is 2. The second kappa shape index (κ2) is 12.8. The average molecular weight is 656 g/mol. The Morgan fingerprint density at radius 3 is 2.47 bits per heavy atom. The molecular formula is C33H40F3N7O4. The first-order valence-corrected chi connectivity index (χ1v) is 15.5. The van der Waals surface area contributed by atoms with Crippen LogP contribution < -0.4 is 25.6 Å². The van der Waals surface area contributed by atoms with Gasteiger partial charge in [-0.15, -0.1) is 0 Å². The van der Waals surface area contributed by atoms with Crippen LogP contribution in [0.5, 0.6) is 5.75 Å². The molecule has 0 unspecified atom stereocenters. The van der Waals surface area contributed by atoms with Crippen LogP contribution in [0, 0.1) is 0 Å². The van der Waals surface area contributed by atoms with Crippen molar-refractivity contribution in [3.63, 3.8) is 0 Å². The summed E-state index contributed by atoms with van der Waals surface area (Å²) in [4.78, 5) is 36.9. The summed E-state index contributed by atoms with van der Waals surface area (Å²) >= 11 is 0. The van der Waals surface area contributed by atoms with Gasteiger partial charge in [-0.1, -0.05) is 12.1 Å². The first-order valence-electron chi connectivity index (χ1n) is 15.5. The topological polar surface area (TPSA) is 121 Å². The lowest BCUT2D eigenvalue weighted by Gasteiger charge is -2.37. The Bertz CT molecular complexity index is 1650. The molecule has 2 aliphatic rings. The van der Waals surface area contributed by atoms with Crippen LogP contribution in [0.2, 0.25) is 0 Å². The SMILES string of the molecule is CCOc1cc(N2CCN(C(=O)OC(C)(C)C)CC2)ccc1Nc1ncc(C(F)(F)F)c(NCc2cccc3c2C(C)(C)C(=O)N3)n1. The maximum Gasteiger partial charge on any atom is 0.421 e. The highest BCUT2D eigenvalue weighted by Crippen LogP contribution is 2.41. The number of rotatable bonds is 8. The summed E-state index contributed by atoms with van der Waals surface area (Å²) in [5, 5.41) is 8.68. The van der Waals surface area contributed by atoms with E-state index in [0.717, 1.165) is 17.4 Å². The van der Waals surface area contributed by atoms with Crippen molar-refractivity contribution in [2.24, 2.45) is 0 Å². The third kappa shape index (κ3) is 7.47. The van der Waals surface area contributed by atoms with E-state index in [0.29, 0.717) is 55.5 Å². The quantitative estimate of drug-likeness (QED) is 0.249. The van der Waals surface area contributed by atoms with Gasteiger partial charge in [-0.3, -0.25) is 4.79 Å². The third-order valence-electron chi connectivity index (χ3n) is 7.94. The monoisotopic (exact) mass is 655 g/mol. The van der Waals surface area contributed by atoms with E-state index in [9.17, 15) is 22.8 Å². The maximum absolute atomic E-state index is 14.0. The molecule has 0 radical (unpaired) electrons. The largest absolute Gasteiger partial charge is 0.492 e. The smallest absolute Gasteiger partial charge is 0.421 e. The van der Waals surface area contributed by atoms with Gasteiger partial charge in [-0.2, -0.15) is 18.2 Å². The fourth-order valence-corrected chi connectivity index (χ4v) is 5.63. The summed E-state index contributed by atoms with van der Waals surface area (Å²) in [6, 6.07) is 10.7. The van der Waals surface area contributed by atoms with Crippen molar-refractivity contribution in [2.45, 2.75) is 65.3 Å². The number of piperazine rings is 1. The molecule has 1 fully saturated rings. The molecule has 0 aliphatic carbocycles. The summed E-state index contributed by atoms with van der Waals surface area (Å²) in [5.74, 6) is -0.170. The molecule has 3 N–H and O–H groups in total. The molecule has 2 aliphatic heterocycles. The first-order chi connectivity index (χ1) is 22.1. The van der Waals surface area contributed by atoms with E-state index in [2.05, 4.69) is 30.8 Å². The molecule has 14 heteroatoms. The molecule has 47 heavy (non-hydrogen) atoms. The molecular weight excluding hydrogens is 615 g/mol. The van der Waals surface area contributed by atoms with E-state index < -0.39 is 28.6 Å². The summed E-state index contributed by atoms with van der Waals surface area (Å²) in [7, 11) is 0. The minimum absolute atomic E-state index is 0.00117. The third-order valence-corrected chi connectivity index (χ3v) is 7.94. The average Bonchev–Trinajstić information content (AvgIpc) is 3.23. The number of aromatic nitrogens is 2. The van der Waals surface area contributed by atoms with Crippen molar-refractivity contribution in [2.75, 3.05) is 53.6 Å². The zero-order valence-corrected chi connectivity index (χ0v) is 27.3. The molecule has 3 aromatic rings. The zero-order chi connectivity index (χ0) is 34.1. The van der Waals surface area contributed by atoms with E-state index in [1.165, 1.54) is 0 Å². The number of nitrogens with one attached hydrogen (secondary N) is 3. The summed E-state index contributed by atoms with van der Waals surface area (Å²) in [6.07, 6.45) is -4.32. The van der Waals surface area contributed by atoms with Crippen LogP contribution in [0.4, 0.5) is 46.8 Å². The number of nitrogens with zero attached hydrogens (tertiary/aromatic N) is 4. The van der Waals surface area contributed by atoms with Crippen molar-refractivity contribution in [1.29, 1.82) is 0 Å². The van der Waals surface area contributed by atoms with Gasteiger partial charge in [-0.25, -0.2) is 9.78 Å². The van der Waals surface area contributed by atoms with Crippen molar-refractivity contribution < 1.29 is 32.2 Å². The molecule has 1 aromatic heterocycles. The predicted octanol–water partition coefficient (Wildman–Crippen LogP) is 6.54. The molecule has 3 heterocycles. The fraction of sp³-hybridized carbons (Fsp3) is 0.455. The van der Waals surface area contributed by atoms with E-state index in [1.54, 1.807) is 43.0 Å². The highest BCUT2D eigenvalue weighted by atomic mass is 19.4. The van der Waals surface area contributed by atoms with Crippen LogP contribution in [0.1, 0.15) is 58.2 Å². The minimum Gasteiger partial charge on any atom is -0.492 e. The highest BCUT2D eigenvalue weighted by molar-refractivity contribution is 6.06. The number of carbonyl (C=O) groups is 2. The predicted molar refractivity (Wildman–Crippen MR) is 173 cm³/mol. The van der Waals surface area contributed by atoms with Crippen LogP contribution in [-0.2, 0) is 27.7 Å². The summed E-state index contributed by atoms with van der Waals surface area (Å²) in [6.45, 7) is 13.4. The zero-order valence-electron chi connectivity index (χ0n) is 27.3. The van der Waals surface area contributed by atoms with E-state index >= 15 is 0 Å². The summed E-state index contributed by atoms with van der Waals surface area (Å²) in [5.41, 5.74) is 0.944. The van der Waals surface area contributed by atoms with E-state index in [1.807, 2.05) is 39.8 Å². The number of carbonyl (C=O) groups excluding carboxylic acids is 2. The molecule has 2 aromatic carbocycles. The Kier molecular flexibility index (Phi) is 9.15. The number of halogens is 3. The Morgan fingerprint density at radius 2 is 1.81 bits per heavy atom. The normalized spacial score (nSPS) is 16.0. The molecule has 0 spiro atoms. The van der Waals surface area contributed by atoms with Gasteiger partial charge in [0.2, 0.25) is 11.9 Å². The molecule has 0 bridgehead atoms. The van der Waals surface area contributed by atoms with Gasteiger partial charge in [0.15, 0.2) is 0 Å². The molecule has 1 saturated heterocycles. The van der Waals surface area contributed by atoms with Crippen LogP contribution in [0.25, 0.3) is 0 Å². The lowest BCUT2D eigenvalue weighted by Crippen LogP contribution is -2.50. The maximum atomic E-state index is 14.0. The van der Waals surface area contributed by atoms with Gasteiger partial charge in [0.05, 0.1) is 17.7 Å². The van der Waals surface area contributed by atoms with Gasteiger partial charge in [0, 0.05) is 56.4 Å². The molecule has 0 saturated carbocycles. The molecule has 252 valence electrons. The highest BCUT2D eigenvalue weighted by Gasteiger charge is 2.40.